The molecule has 0 saturated carbocycles. The van der Waals surface area contributed by atoms with E-state index in [4.69, 9.17) is 23.2 Å². The molecule has 0 heterocycles. The molecule has 0 aliphatic rings. The molecular formula is C5H10Cl2N8O8. The Balaban J connectivity index is 5.26. The Morgan fingerprint density at radius 2 is 1.35 bits per heavy atom. The zero-order valence-corrected chi connectivity index (χ0v) is 12.8. The third-order valence-corrected chi connectivity index (χ3v) is 3.04. The van der Waals surface area contributed by atoms with Crippen LogP contribution >= 0.6 is 23.2 Å². The molecule has 0 spiro atoms. The van der Waals surface area contributed by atoms with Crippen molar-refractivity contribution in [3.8, 4) is 0 Å². The summed E-state index contributed by atoms with van der Waals surface area (Å²) in [5, 5.41) is 38.6. The van der Waals surface area contributed by atoms with Gasteiger partial charge in [0.2, 0.25) is 13.3 Å². The van der Waals surface area contributed by atoms with Crippen molar-refractivity contribution in [3.63, 3.8) is 0 Å². The molecule has 0 aliphatic carbocycles. The minimum Gasteiger partial charge on any atom is -0.235 e. The largest absolute Gasteiger partial charge is 0.292 e. The van der Waals surface area contributed by atoms with Crippen molar-refractivity contribution >= 4 is 23.2 Å². The third kappa shape index (κ3) is 5.94. The number of hydrogen-bond donors (Lipinski definition) is 0. The van der Waals surface area contributed by atoms with Gasteiger partial charge in [-0.1, -0.05) is 43.2 Å². The van der Waals surface area contributed by atoms with Crippen LogP contribution in [-0.2, 0) is 0 Å². The van der Waals surface area contributed by atoms with Crippen LogP contribution in [0.1, 0.15) is 0 Å². The Morgan fingerprint density at radius 3 is 1.65 bits per heavy atom. The van der Waals surface area contributed by atoms with E-state index in [1.165, 1.54) is 0 Å². The molecule has 16 nitrogen and oxygen atoms in total. The first-order valence-electron chi connectivity index (χ1n) is 5.29. The van der Waals surface area contributed by atoms with Crippen LogP contribution < -0.4 is 0 Å². The van der Waals surface area contributed by atoms with Crippen LogP contribution in [0.4, 0.5) is 0 Å². The van der Waals surface area contributed by atoms with Gasteiger partial charge in [0, 0.05) is 0 Å². The standard InChI is InChI=1S/C5H10Cl2N8O8/c1-8(12(16)17)5(7)11(15(22)23)4-10(14(20)21)3-9(2-6)13(18)19/h5H,2-4H2,1H3. The summed E-state index contributed by atoms with van der Waals surface area (Å²) < 4.78 is 0. The number of rotatable bonds is 11. The van der Waals surface area contributed by atoms with E-state index < -0.39 is 45.1 Å². The molecule has 0 fully saturated rings. The molecule has 0 amide bonds. The van der Waals surface area contributed by atoms with Gasteiger partial charge >= 0.3 is 0 Å². The van der Waals surface area contributed by atoms with Crippen LogP contribution in [0.3, 0.4) is 0 Å². The second kappa shape index (κ2) is 8.73. The molecule has 0 bridgehead atoms. The van der Waals surface area contributed by atoms with Crippen LogP contribution in [0.2, 0.25) is 0 Å². The van der Waals surface area contributed by atoms with Gasteiger partial charge in [-0.05, 0) is 0 Å². The lowest BCUT2D eigenvalue weighted by molar-refractivity contribution is -0.751. The molecule has 23 heavy (non-hydrogen) atoms. The molecule has 132 valence electrons. The summed E-state index contributed by atoms with van der Waals surface area (Å²) in [4.78, 5) is 42.8. The Bertz CT molecular complexity index is 479. The predicted molar refractivity (Wildman–Crippen MR) is 71.4 cm³/mol. The fourth-order valence-corrected chi connectivity index (χ4v) is 1.47. The Morgan fingerprint density at radius 1 is 0.870 bits per heavy atom. The molecule has 0 aromatic rings. The number of nitrogens with zero attached hydrogens (tertiary/aromatic N) is 8. The molecule has 18 heteroatoms. The van der Waals surface area contributed by atoms with E-state index in [0.29, 0.717) is 0 Å². The lowest BCUT2D eigenvalue weighted by Gasteiger charge is -2.24. The molecule has 0 rings (SSSR count). The molecule has 0 aliphatic heterocycles. The van der Waals surface area contributed by atoms with Crippen LogP contribution in [0.25, 0.3) is 0 Å². The number of halogens is 2. The van der Waals surface area contributed by atoms with E-state index >= 15 is 0 Å². The highest BCUT2D eigenvalue weighted by Crippen LogP contribution is 2.11. The number of alkyl halides is 2. The van der Waals surface area contributed by atoms with Crippen molar-refractivity contribution in [1.82, 2.24) is 20.0 Å². The van der Waals surface area contributed by atoms with Crippen LogP contribution in [0.5, 0.6) is 0 Å². The Kier molecular flexibility index (Phi) is 7.74. The maximum atomic E-state index is 10.9. The molecule has 1 atom stereocenters. The molecule has 0 aromatic carbocycles. The molecule has 1 unspecified atom stereocenters. The summed E-state index contributed by atoms with van der Waals surface area (Å²) in [6, 6.07) is -0.741. The maximum absolute atomic E-state index is 10.9. The fourth-order valence-electron chi connectivity index (χ4n) is 1.10. The van der Waals surface area contributed by atoms with Crippen molar-refractivity contribution in [2.24, 2.45) is 0 Å². The average Bonchev–Trinajstić information content (AvgIpc) is 2.44. The Hall–Kier alpha value is -2.62. The van der Waals surface area contributed by atoms with Gasteiger partial charge in [0.25, 0.3) is 5.62 Å². The van der Waals surface area contributed by atoms with E-state index in [2.05, 4.69) is 0 Å². The van der Waals surface area contributed by atoms with Crippen molar-refractivity contribution < 1.29 is 20.1 Å². The van der Waals surface area contributed by atoms with Gasteiger partial charge in [-0.15, -0.1) is 0 Å². The van der Waals surface area contributed by atoms with Crippen LogP contribution in [0, 0.1) is 40.5 Å². The van der Waals surface area contributed by atoms with Gasteiger partial charge in [0.05, 0.1) is 7.05 Å². The minimum atomic E-state index is -2.00. The highest BCUT2D eigenvalue weighted by molar-refractivity contribution is 6.19. The van der Waals surface area contributed by atoms with E-state index in [1.807, 2.05) is 0 Å². The first-order valence-corrected chi connectivity index (χ1v) is 6.26. The van der Waals surface area contributed by atoms with Gasteiger partial charge in [-0.2, -0.15) is 0 Å². The molecule has 0 aromatic heterocycles. The van der Waals surface area contributed by atoms with E-state index in [-0.39, 0.29) is 20.0 Å². The third-order valence-electron chi connectivity index (χ3n) is 2.26. The molecular weight excluding hydrogens is 371 g/mol. The number of hydrogen-bond acceptors (Lipinski definition) is 8. The fraction of sp³-hybridized carbons (Fsp3) is 1.00. The summed E-state index contributed by atoms with van der Waals surface area (Å²) in [7, 11) is 0.798. The van der Waals surface area contributed by atoms with E-state index in [9.17, 15) is 40.5 Å². The van der Waals surface area contributed by atoms with Gasteiger partial charge < -0.3 is 0 Å². The maximum Gasteiger partial charge on any atom is 0.292 e. The summed E-state index contributed by atoms with van der Waals surface area (Å²) in [5.74, 6) is 0. The van der Waals surface area contributed by atoms with Gasteiger partial charge in [-0.25, -0.2) is 40.5 Å². The summed E-state index contributed by atoms with van der Waals surface area (Å²) >= 11 is 10.7. The number of nitro groups is 4. The number of hydrazine groups is 4. The zero-order chi connectivity index (χ0) is 18.3. The highest BCUT2D eigenvalue weighted by atomic mass is 35.5. The smallest absolute Gasteiger partial charge is 0.235 e. The summed E-state index contributed by atoms with van der Waals surface area (Å²) in [6.07, 6.45) is 0. The van der Waals surface area contributed by atoms with Gasteiger partial charge in [-0.3, -0.25) is 0 Å². The second-order valence-corrected chi connectivity index (χ2v) is 4.32. The second-order valence-electron chi connectivity index (χ2n) is 3.69. The van der Waals surface area contributed by atoms with Crippen LogP contribution in [0.15, 0.2) is 0 Å². The lowest BCUT2D eigenvalue weighted by Crippen LogP contribution is -2.55. The van der Waals surface area contributed by atoms with E-state index in [1.54, 1.807) is 0 Å². The van der Waals surface area contributed by atoms with Crippen molar-refractivity contribution in [3.05, 3.63) is 40.5 Å². The average molecular weight is 381 g/mol. The van der Waals surface area contributed by atoms with E-state index in [0.717, 1.165) is 7.05 Å². The van der Waals surface area contributed by atoms with Gasteiger partial charge in [0.15, 0.2) is 26.1 Å². The monoisotopic (exact) mass is 380 g/mol. The predicted octanol–water partition coefficient (Wildman–Crippen LogP) is -0.775. The molecule has 0 saturated heterocycles. The van der Waals surface area contributed by atoms with Crippen molar-refractivity contribution in [2.45, 2.75) is 5.62 Å². The molecule has 0 N–H and O–H groups in total. The normalized spacial score (nSPS) is 11.3. The quantitative estimate of drug-likeness (QED) is 0.143. The lowest BCUT2D eigenvalue weighted by atomic mass is 10.8. The Labute approximate surface area is 136 Å². The molecule has 0 radical (unpaired) electrons. The topological polar surface area (TPSA) is 186 Å². The van der Waals surface area contributed by atoms with Crippen LogP contribution in [-0.4, -0.2) is 72.2 Å². The first-order chi connectivity index (χ1) is 10.5. The zero-order valence-electron chi connectivity index (χ0n) is 11.3. The minimum absolute atomic E-state index is 0.0388. The summed E-state index contributed by atoms with van der Waals surface area (Å²) in [5.41, 5.74) is -2.00. The van der Waals surface area contributed by atoms with Gasteiger partial charge in [0.1, 0.15) is 0 Å². The summed E-state index contributed by atoms with van der Waals surface area (Å²) in [6.45, 7) is -2.22. The van der Waals surface area contributed by atoms with Crippen molar-refractivity contribution in [1.29, 1.82) is 0 Å². The highest BCUT2D eigenvalue weighted by Gasteiger charge is 2.39. The first kappa shape index (κ1) is 20.4. The van der Waals surface area contributed by atoms with Crippen molar-refractivity contribution in [2.75, 3.05) is 26.4 Å². The SMILES string of the molecule is CN(C(Cl)N(CN(CN(CCl)[N+](=O)[O-])[N+](=O)[O-])[N+](=O)[O-])[N+](=O)[O-].